The second kappa shape index (κ2) is 5.56. The number of carbonyl (C=O) groups is 2. The van der Waals surface area contributed by atoms with E-state index < -0.39 is 5.97 Å². The lowest BCUT2D eigenvalue weighted by Crippen LogP contribution is -2.16. The van der Waals surface area contributed by atoms with E-state index in [1.165, 1.54) is 6.20 Å². The van der Waals surface area contributed by atoms with Gasteiger partial charge in [0.2, 0.25) is 0 Å². The Morgan fingerprint density at radius 3 is 2.55 bits per heavy atom. The molecule has 20 heavy (non-hydrogen) atoms. The molecule has 2 N–H and O–H groups in total. The summed E-state index contributed by atoms with van der Waals surface area (Å²) >= 11 is 0. The Morgan fingerprint density at radius 2 is 2.05 bits per heavy atom. The fourth-order valence-corrected chi connectivity index (χ4v) is 1.79. The van der Waals surface area contributed by atoms with Crippen LogP contribution in [0.25, 0.3) is 0 Å². The highest BCUT2D eigenvalue weighted by atomic mass is 16.4. The van der Waals surface area contributed by atoms with Crippen LogP contribution in [0.2, 0.25) is 0 Å². The van der Waals surface area contributed by atoms with E-state index in [0.29, 0.717) is 17.1 Å². The molecule has 0 saturated carbocycles. The van der Waals surface area contributed by atoms with Crippen molar-refractivity contribution >= 4 is 17.6 Å². The Bertz CT molecular complexity index is 644. The number of aromatic nitrogens is 2. The summed E-state index contributed by atoms with van der Waals surface area (Å²) < 4.78 is 1.79. The van der Waals surface area contributed by atoms with Crippen molar-refractivity contribution in [3.63, 3.8) is 0 Å². The van der Waals surface area contributed by atoms with Crippen LogP contribution >= 0.6 is 0 Å². The van der Waals surface area contributed by atoms with Crippen molar-refractivity contribution in [2.45, 2.75) is 13.3 Å². The minimum Gasteiger partial charge on any atom is -0.481 e. The molecule has 2 rings (SSSR count). The summed E-state index contributed by atoms with van der Waals surface area (Å²) in [6.45, 7) is 1.92. The normalized spacial score (nSPS) is 10.3. The Morgan fingerprint density at radius 1 is 1.30 bits per heavy atom. The third-order valence-corrected chi connectivity index (χ3v) is 3.02. The number of amides is 1. The summed E-state index contributed by atoms with van der Waals surface area (Å²) in [4.78, 5) is 26.6. The van der Waals surface area contributed by atoms with Crippen molar-refractivity contribution in [2.24, 2.45) is 7.05 Å². The number of carboxylic acids is 1. The molecule has 104 valence electrons. The van der Waals surface area contributed by atoms with Gasteiger partial charge in [-0.3, -0.25) is 14.6 Å². The zero-order valence-electron chi connectivity index (χ0n) is 11.3. The number of carbonyl (C=O) groups excluding carboxylic acids is 1. The van der Waals surface area contributed by atoms with Gasteiger partial charge in [0.25, 0.3) is 5.91 Å². The highest BCUT2D eigenvalue weighted by Gasteiger charge is 2.11. The van der Waals surface area contributed by atoms with Gasteiger partial charge in [-0.05, 0) is 31.2 Å². The maximum absolute atomic E-state index is 12.1. The number of pyridine rings is 1. The molecule has 2 aromatic rings. The molecule has 6 heteroatoms. The zero-order valence-corrected chi connectivity index (χ0v) is 11.3. The molecule has 1 amide bonds. The number of nitrogens with one attached hydrogen (secondary N) is 1. The van der Waals surface area contributed by atoms with Gasteiger partial charge in [0, 0.05) is 12.7 Å². The van der Waals surface area contributed by atoms with Gasteiger partial charge in [-0.15, -0.1) is 0 Å². The SMILES string of the molecule is Cc1ccc(C(=O)Nc2ccc(CC(=O)O)nc2)n1C. The third kappa shape index (κ3) is 3.03. The molecule has 0 saturated heterocycles. The summed E-state index contributed by atoms with van der Waals surface area (Å²) in [5.41, 5.74) is 2.52. The van der Waals surface area contributed by atoms with Gasteiger partial charge in [0.05, 0.1) is 24.0 Å². The van der Waals surface area contributed by atoms with E-state index in [9.17, 15) is 9.59 Å². The molecule has 0 radical (unpaired) electrons. The topological polar surface area (TPSA) is 84.2 Å². The van der Waals surface area contributed by atoms with Crippen LogP contribution in [0.15, 0.2) is 30.5 Å². The van der Waals surface area contributed by atoms with E-state index in [0.717, 1.165) is 5.69 Å². The van der Waals surface area contributed by atoms with Crippen molar-refractivity contribution in [1.82, 2.24) is 9.55 Å². The van der Waals surface area contributed by atoms with E-state index in [1.54, 1.807) is 22.8 Å². The van der Waals surface area contributed by atoms with Gasteiger partial charge >= 0.3 is 5.97 Å². The number of aryl methyl sites for hydroxylation is 1. The number of hydrogen-bond acceptors (Lipinski definition) is 3. The molecule has 0 unspecified atom stereocenters. The highest BCUT2D eigenvalue weighted by Crippen LogP contribution is 2.11. The minimum atomic E-state index is -0.937. The van der Waals surface area contributed by atoms with Crippen molar-refractivity contribution in [3.05, 3.63) is 47.5 Å². The monoisotopic (exact) mass is 273 g/mol. The predicted octanol–water partition coefficient (Wildman–Crippen LogP) is 1.61. The van der Waals surface area contributed by atoms with Crippen molar-refractivity contribution < 1.29 is 14.7 Å². The average Bonchev–Trinajstić information content (AvgIpc) is 2.72. The summed E-state index contributed by atoms with van der Waals surface area (Å²) in [6, 6.07) is 6.83. The van der Waals surface area contributed by atoms with Gasteiger partial charge in [0.15, 0.2) is 0 Å². The molecule has 0 aliphatic rings. The van der Waals surface area contributed by atoms with Crippen molar-refractivity contribution in [1.29, 1.82) is 0 Å². The fourth-order valence-electron chi connectivity index (χ4n) is 1.79. The first-order valence-corrected chi connectivity index (χ1v) is 6.08. The highest BCUT2D eigenvalue weighted by molar-refractivity contribution is 6.03. The lowest BCUT2D eigenvalue weighted by atomic mass is 10.2. The van der Waals surface area contributed by atoms with E-state index in [1.807, 2.05) is 20.0 Å². The average molecular weight is 273 g/mol. The van der Waals surface area contributed by atoms with Gasteiger partial charge in [0.1, 0.15) is 5.69 Å². The maximum Gasteiger partial charge on any atom is 0.309 e. The molecule has 2 heterocycles. The standard InChI is InChI=1S/C14H15N3O3/c1-9-3-6-12(17(9)2)14(20)16-11-5-4-10(15-8-11)7-13(18)19/h3-6,8H,7H2,1-2H3,(H,16,20)(H,18,19). The molecular formula is C14H15N3O3. The third-order valence-electron chi connectivity index (χ3n) is 3.02. The first-order chi connectivity index (χ1) is 9.47. The molecule has 0 aliphatic carbocycles. The summed E-state index contributed by atoms with van der Waals surface area (Å²) in [7, 11) is 1.82. The van der Waals surface area contributed by atoms with Crippen LogP contribution in [0, 0.1) is 6.92 Å². The van der Waals surface area contributed by atoms with Crippen LogP contribution < -0.4 is 5.32 Å². The zero-order chi connectivity index (χ0) is 14.7. The van der Waals surface area contributed by atoms with Crippen LogP contribution in [-0.2, 0) is 18.3 Å². The second-order valence-corrected chi connectivity index (χ2v) is 4.48. The van der Waals surface area contributed by atoms with Crippen LogP contribution in [0.3, 0.4) is 0 Å². The first kappa shape index (κ1) is 13.8. The lowest BCUT2D eigenvalue weighted by Gasteiger charge is -2.07. The van der Waals surface area contributed by atoms with E-state index in [-0.39, 0.29) is 12.3 Å². The molecule has 0 spiro atoms. The first-order valence-electron chi connectivity index (χ1n) is 6.08. The molecule has 0 aliphatic heterocycles. The summed E-state index contributed by atoms with van der Waals surface area (Å²) in [5, 5.41) is 11.4. The molecule has 0 atom stereocenters. The van der Waals surface area contributed by atoms with Gasteiger partial charge in [-0.1, -0.05) is 0 Å². The number of hydrogen-bond donors (Lipinski definition) is 2. The number of rotatable bonds is 4. The quantitative estimate of drug-likeness (QED) is 0.886. The number of aliphatic carboxylic acids is 1. The van der Waals surface area contributed by atoms with Gasteiger partial charge < -0.3 is 15.0 Å². The lowest BCUT2D eigenvalue weighted by molar-refractivity contribution is -0.136. The number of nitrogens with zero attached hydrogens (tertiary/aromatic N) is 2. The number of anilines is 1. The summed E-state index contributed by atoms with van der Waals surface area (Å²) in [5.74, 6) is -1.16. The van der Waals surface area contributed by atoms with Crippen LogP contribution in [0.1, 0.15) is 21.9 Å². The van der Waals surface area contributed by atoms with Crippen LogP contribution in [0.5, 0.6) is 0 Å². The summed E-state index contributed by atoms with van der Waals surface area (Å²) in [6.07, 6.45) is 1.32. The maximum atomic E-state index is 12.1. The predicted molar refractivity (Wildman–Crippen MR) is 73.7 cm³/mol. The van der Waals surface area contributed by atoms with E-state index >= 15 is 0 Å². The smallest absolute Gasteiger partial charge is 0.309 e. The second-order valence-electron chi connectivity index (χ2n) is 4.48. The Balaban J connectivity index is 2.08. The van der Waals surface area contributed by atoms with Gasteiger partial charge in [-0.25, -0.2) is 0 Å². The fraction of sp³-hybridized carbons (Fsp3) is 0.214. The number of carboxylic acid groups (broad SMARTS) is 1. The molecule has 0 fully saturated rings. The molecule has 6 nitrogen and oxygen atoms in total. The Labute approximate surface area is 116 Å². The van der Waals surface area contributed by atoms with Crippen molar-refractivity contribution in [3.8, 4) is 0 Å². The minimum absolute atomic E-state index is 0.134. The molecule has 0 bridgehead atoms. The molecule has 0 aromatic carbocycles. The molecular weight excluding hydrogens is 258 g/mol. The van der Waals surface area contributed by atoms with Crippen LogP contribution in [-0.4, -0.2) is 26.5 Å². The Kier molecular flexibility index (Phi) is 3.84. The molecule has 2 aromatic heterocycles. The van der Waals surface area contributed by atoms with E-state index in [2.05, 4.69) is 10.3 Å². The Hall–Kier alpha value is -2.63. The largest absolute Gasteiger partial charge is 0.481 e. The van der Waals surface area contributed by atoms with E-state index in [4.69, 9.17) is 5.11 Å². The van der Waals surface area contributed by atoms with Crippen molar-refractivity contribution in [2.75, 3.05) is 5.32 Å². The van der Waals surface area contributed by atoms with Gasteiger partial charge in [-0.2, -0.15) is 0 Å². The van der Waals surface area contributed by atoms with Crippen LogP contribution in [0.4, 0.5) is 5.69 Å².